The third-order valence-electron chi connectivity index (χ3n) is 2.76. The molecule has 0 bridgehead atoms. The number of nitrogens with zero attached hydrogens (tertiary/aromatic N) is 1. The Labute approximate surface area is 124 Å². The number of rotatable bonds is 4. The first-order valence-corrected chi connectivity index (χ1v) is 6.72. The van der Waals surface area contributed by atoms with Gasteiger partial charge in [0.2, 0.25) is 5.75 Å². The van der Waals surface area contributed by atoms with Crippen LogP contribution >= 0.6 is 15.9 Å². The first kappa shape index (κ1) is 14.5. The molecule has 0 atom stereocenters. The number of nitrogens with two attached hydrogens (primary N) is 1. The van der Waals surface area contributed by atoms with Gasteiger partial charge >= 0.3 is 5.69 Å². The zero-order valence-electron chi connectivity index (χ0n) is 10.8. The minimum absolute atomic E-state index is 0.0557. The fourth-order valence-electron chi connectivity index (χ4n) is 1.73. The van der Waals surface area contributed by atoms with Crippen molar-refractivity contribution in [2.24, 2.45) is 5.73 Å². The summed E-state index contributed by atoms with van der Waals surface area (Å²) in [7, 11) is 0. The Morgan fingerprint density at radius 1 is 1.25 bits per heavy atom. The predicted octanol–water partition coefficient (Wildman–Crippen LogP) is 3.92. The zero-order valence-corrected chi connectivity index (χ0v) is 12.4. The molecule has 5 nitrogen and oxygen atoms in total. The molecular weight excluding hydrogens is 324 g/mol. The monoisotopic (exact) mass is 336 g/mol. The van der Waals surface area contributed by atoms with E-state index in [1.807, 2.05) is 12.1 Å². The van der Waals surface area contributed by atoms with Crippen LogP contribution in [0.3, 0.4) is 0 Å². The highest BCUT2D eigenvalue weighted by atomic mass is 79.9. The smallest absolute Gasteiger partial charge is 0.311 e. The van der Waals surface area contributed by atoms with Gasteiger partial charge in [-0.2, -0.15) is 0 Å². The van der Waals surface area contributed by atoms with E-state index in [4.69, 9.17) is 10.5 Å². The summed E-state index contributed by atoms with van der Waals surface area (Å²) in [6, 6.07) is 10.2. The molecule has 0 spiro atoms. The Hall–Kier alpha value is -1.92. The molecule has 0 unspecified atom stereocenters. The van der Waals surface area contributed by atoms with Crippen molar-refractivity contribution in [2.45, 2.75) is 13.5 Å². The van der Waals surface area contributed by atoms with Crippen molar-refractivity contribution in [1.82, 2.24) is 0 Å². The molecule has 0 aliphatic rings. The van der Waals surface area contributed by atoms with Crippen molar-refractivity contribution >= 4 is 21.6 Å². The van der Waals surface area contributed by atoms with Crippen LogP contribution in [0.4, 0.5) is 5.69 Å². The summed E-state index contributed by atoms with van der Waals surface area (Å²) in [4.78, 5) is 10.6. The number of nitro groups is 1. The minimum Gasteiger partial charge on any atom is -0.449 e. The SMILES string of the molecule is Cc1ccc(Oc2ccc(CN)cc2Br)c([N+](=O)[O-])c1. The van der Waals surface area contributed by atoms with Crippen LogP contribution in [-0.2, 0) is 6.54 Å². The number of nitro benzene ring substituents is 1. The lowest BCUT2D eigenvalue weighted by atomic mass is 10.2. The summed E-state index contributed by atoms with van der Waals surface area (Å²) in [5.41, 5.74) is 7.25. The van der Waals surface area contributed by atoms with Crippen LogP contribution in [-0.4, -0.2) is 4.92 Å². The second-order valence-corrected chi connectivity index (χ2v) is 5.15. The summed E-state index contributed by atoms with van der Waals surface area (Å²) >= 11 is 3.37. The topological polar surface area (TPSA) is 78.4 Å². The molecule has 6 heteroatoms. The van der Waals surface area contributed by atoms with Gasteiger partial charge in [-0.3, -0.25) is 10.1 Å². The van der Waals surface area contributed by atoms with Gasteiger partial charge in [0.1, 0.15) is 5.75 Å². The molecule has 0 saturated heterocycles. The summed E-state index contributed by atoms with van der Waals surface area (Å²) < 4.78 is 6.33. The molecule has 0 aliphatic carbocycles. The van der Waals surface area contributed by atoms with Crippen molar-refractivity contribution in [1.29, 1.82) is 0 Å². The van der Waals surface area contributed by atoms with E-state index in [0.29, 0.717) is 16.8 Å². The van der Waals surface area contributed by atoms with Crippen molar-refractivity contribution in [2.75, 3.05) is 0 Å². The second-order valence-electron chi connectivity index (χ2n) is 4.30. The maximum atomic E-state index is 11.0. The van der Waals surface area contributed by atoms with Crippen LogP contribution in [0.1, 0.15) is 11.1 Å². The van der Waals surface area contributed by atoms with Crippen LogP contribution < -0.4 is 10.5 Å². The molecule has 0 heterocycles. The van der Waals surface area contributed by atoms with Gasteiger partial charge in [-0.05, 0) is 52.2 Å². The Bertz CT molecular complexity index is 659. The lowest BCUT2D eigenvalue weighted by molar-refractivity contribution is -0.385. The van der Waals surface area contributed by atoms with Gasteiger partial charge in [0, 0.05) is 12.6 Å². The van der Waals surface area contributed by atoms with E-state index in [9.17, 15) is 10.1 Å². The largest absolute Gasteiger partial charge is 0.449 e. The molecular formula is C14H13BrN2O3. The molecule has 2 rings (SSSR count). The molecule has 2 aromatic rings. The van der Waals surface area contributed by atoms with Crippen molar-refractivity contribution in [3.05, 3.63) is 62.1 Å². The van der Waals surface area contributed by atoms with Crippen molar-refractivity contribution < 1.29 is 9.66 Å². The van der Waals surface area contributed by atoms with Gasteiger partial charge in [-0.25, -0.2) is 0 Å². The van der Waals surface area contributed by atoms with Crippen molar-refractivity contribution in [3.8, 4) is 11.5 Å². The minimum atomic E-state index is -0.454. The Morgan fingerprint density at radius 2 is 1.95 bits per heavy atom. The number of hydrogen-bond acceptors (Lipinski definition) is 4. The van der Waals surface area contributed by atoms with E-state index in [2.05, 4.69) is 15.9 Å². The fraction of sp³-hybridized carbons (Fsp3) is 0.143. The maximum absolute atomic E-state index is 11.0. The summed E-state index contributed by atoms with van der Waals surface area (Å²) in [5.74, 6) is 0.718. The molecule has 20 heavy (non-hydrogen) atoms. The van der Waals surface area contributed by atoms with E-state index >= 15 is 0 Å². The van der Waals surface area contributed by atoms with E-state index in [-0.39, 0.29) is 11.4 Å². The predicted molar refractivity (Wildman–Crippen MR) is 79.9 cm³/mol. The van der Waals surface area contributed by atoms with Crippen molar-refractivity contribution in [3.63, 3.8) is 0 Å². The van der Waals surface area contributed by atoms with Crippen LogP contribution in [0.5, 0.6) is 11.5 Å². The summed E-state index contributed by atoms with van der Waals surface area (Å²) in [6.07, 6.45) is 0. The molecule has 0 fully saturated rings. The first-order valence-electron chi connectivity index (χ1n) is 5.92. The molecule has 2 aromatic carbocycles. The van der Waals surface area contributed by atoms with E-state index in [1.165, 1.54) is 6.07 Å². The van der Waals surface area contributed by atoms with Crippen LogP contribution in [0, 0.1) is 17.0 Å². The van der Waals surface area contributed by atoms with Crippen LogP contribution in [0.15, 0.2) is 40.9 Å². The molecule has 0 aliphatic heterocycles. The van der Waals surface area contributed by atoms with Gasteiger partial charge in [-0.1, -0.05) is 12.1 Å². The molecule has 0 saturated carbocycles. The summed E-state index contributed by atoms with van der Waals surface area (Å²) in [5, 5.41) is 11.0. The molecule has 0 radical (unpaired) electrons. The van der Waals surface area contributed by atoms with Gasteiger partial charge in [-0.15, -0.1) is 0 Å². The van der Waals surface area contributed by atoms with Crippen LogP contribution in [0.25, 0.3) is 0 Å². The van der Waals surface area contributed by atoms with E-state index in [1.54, 1.807) is 25.1 Å². The van der Waals surface area contributed by atoms with Gasteiger partial charge in [0.05, 0.1) is 9.40 Å². The lowest BCUT2D eigenvalue weighted by Crippen LogP contribution is -1.97. The average Bonchev–Trinajstić information content (AvgIpc) is 2.42. The molecule has 2 N–H and O–H groups in total. The van der Waals surface area contributed by atoms with Crippen LogP contribution in [0.2, 0.25) is 0 Å². The van der Waals surface area contributed by atoms with Gasteiger partial charge in [0.15, 0.2) is 0 Å². The van der Waals surface area contributed by atoms with Gasteiger partial charge in [0.25, 0.3) is 0 Å². The Kier molecular flexibility index (Phi) is 4.36. The highest BCUT2D eigenvalue weighted by Crippen LogP contribution is 2.35. The first-order chi connectivity index (χ1) is 9.51. The molecule has 104 valence electrons. The summed E-state index contributed by atoms with van der Waals surface area (Å²) in [6.45, 7) is 2.21. The normalized spacial score (nSPS) is 10.3. The molecule has 0 aromatic heterocycles. The highest BCUT2D eigenvalue weighted by Gasteiger charge is 2.16. The number of halogens is 1. The fourth-order valence-corrected chi connectivity index (χ4v) is 2.24. The highest BCUT2D eigenvalue weighted by molar-refractivity contribution is 9.10. The lowest BCUT2D eigenvalue weighted by Gasteiger charge is -2.09. The Morgan fingerprint density at radius 3 is 2.55 bits per heavy atom. The zero-order chi connectivity index (χ0) is 14.7. The maximum Gasteiger partial charge on any atom is 0.311 e. The number of ether oxygens (including phenoxy) is 1. The molecule has 0 amide bonds. The third kappa shape index (κ3) is 3.15. The quantitative estimate of drug-likeness (QED) is 0.677. The number of hydrogen-bond donors (Lipinski definition) is 1. The van der Waals surface area contributed by atoms with Gasteiger partial charge < -0.3 is 10.5 Å². The third-order valence-corrected chi connectivity index (χ3v) is 3.38. The van der Waals surface area contributed by atoms with E-state index < -0.39 is 4.92 Å². The number of benzene rings is 2. The number of aryl methyl sites for hydroxylation is 1. The average molecular weight is 337 g/mol. The Balaban J connectivity index is 2.37. The standard InChI is InChI=1S/C14H13BrN2O3/c1-9-2-4-14(12(6-9)17(18)19)20-13-5-3-10(8-16)7-11(13)15/h2-7H,8,16H2,1H3. The van der Waals surface area contributed by atoms with E-state index in [0.717, 1.165) is 11.1 Å². The second kappa shape index (κ2) is 6.02.